The molecule has 0 aromatic heterocycles. The van der Waals surface area contributed by atoms with Gasteiger partial charge in [0.05, 0.1) is 27.9 Å². The molecule has 1 aromatic carbocycles. The summed E-state index contributed by atoms with van der Waals surface area (Å²) in [5.74, 6) is -4.14. The molecule has 0 fully saturated rings. The normalized spacial score (nSPS) is 11.9. The first kappa shape index (κ1) is 13.5. The van der Waals surface area contributed by atoms with Crippen LogP contribution in [0.1, 0.15) is 18.4 Å². The van der Waals surface area contributed by atoms with E-state index < -0.39 is 44.5 Å². The summed E-state index contributed by atoms with van der Waals surface area (Å²) in [6.07, 6.45) is 0. The van der Waals surface area contributed by atoms with Gasteiger partial charge in [0.1, 0.15) is 11.4 Å². The fraction of sp³-hybridized carbons (Fsp3) is 0.222. The van der Waals surface area contributed by atoms with Gasteiger partial charge in [0, 0.05) is 0 Å². The fourth-order valence-corrected chi connectivity index (χ4v) is 1.46. The molecule has 0 saturated heterocycles. The van der Waals surface area contributed by atoms with E-state index in [2.05, 4.69) is 0 Å². The summed E-state index contributed by atoms with van der Waals surface area (Å²) in [6.45, 7) is 1.05. The molecule has 0 heterocycles. The van der Waals surface area contributed by atoms with Crippen molar-refractivity contribution in [3.63, 3.8) is 0 Å². The van der Waals surface area contributed by atoms with Gasteiger partial charge in [-0.3, -0.25) is 25.0 Å². The van der Waals surface area contributed by atoms with Crippen molar-refractivity contribution in [1.82, 2.24) is 0 Å². The monoisotopic (exact) mass is 258 g/mol. The Morgan fingerprint density at radius 1 is 1.28 bits per heavy atom. The van der Waals surface area contributed by atoms with E-state index in [1.54, 1.807) is 0 Å². The number of carboxylic acid groups (broad SMARTS) is 1. The van der Waals surface area contributed by atoms with Gasteiger partial charge in [-0.15, -0.1) is 0 Å². The highest BCUT2D eigenvalue weighted by Gasteiger charge is 2.33. The van der Waals surface area contributed by atoms with Crippen LogP contribution in [-0.4, -0.2) is 20.9 Å². The van der Waals surface area contributed by atoms with Gasteiger partial charge in [-0.05, 0) is 6.92 Å². The summed E-state index contributed by atoms with van der Waals surface area (Å²) in [5.41, 5.74) is -2.47. The van der Waals surface area contributed by atoms with Crippen LogP contribution in [-0.2, 0) is 4.79 Å². The van der Waals surface area contributed by atoms with E-state index in [1.807, 2.05) is 0 Å². The van der Waals surface area contributed by atoms with E-state index in [-0.39, 0.29) is 0 Å². The van der Waals surface area contributed by atoms with E-state index in [0.29, 0.717) is 12.1 Å². The Morgan fingerprint density at radius 2 is 1.67 bits per heavy atom. The molecule has 0 amide bonds. The lowest BCUT2D eigenvalue weighted by Gasteiger charge is -2.08. The maximum Gasteiger partial charge on any atom is 0.311 e. The molecule has 0 saturated carbocycles. The minimum Gasteiger partial charge on any atom is -0.481 e. The summed E-state index contributed by atoms with van der Waals surface area (Å²) < 4.78 is 13.0. The first-order valence-corrected chi connectivity index (χ1v) is 4.60. The van der Waals surface area contributed by atoms with Crippen LogP contribution in [0, 0.1) is 26.0 Å². The van der Waals surface area contributed by atoms with Gasteiger partial charge in [-0.2, -0.15) is 0 Å². The van der Waals surface area contributed by atoms with E-state index in [1.165, 1.54) is 0 Å². The second-order valence-corrected chi connectivity index (χ2v) is 3.43. The molecule has 18 heavy (non-hydrogen) atoms. The van der Waals surface area contributed by atoms with Crippen molar-refractivity contribution >= 4 is 17.3 Å². The van der Waals surface area contributed by atoms with E-state index in [0.717, 1.165) is 6.92 Å². The lowest BCUT2D eigenvalue weighted by Crippen LogP contribution is -2.12. The highest BCUT2D eigenvalue weighted by Crippen LogP contribution is 2.35. The average Bonchev–Trinajstić information content (AvgIpc) is 2.26. The maximum absolute atomic E-state index is 13.0. The van der Waals surface area contributed by atoms with Gasteiger partial charge >= 0.3 is 5.97 Å². The molecule has 1 N–H and O–H groups in total. The maximum atomic E-state index is 13.0. The number of nitro benzene ring substituents is 2. The van der Waals surface area contributed by atoms with Crippen molar-refractivity contribution in [2.45, 2.75) is 12.8 Å². The van der Waals surface area contributed by atoms with Crippen molar-refractivity contribution in [3.05, 3.63) is 43.7 Å². The zero-order valence-corrected chi connectivity index (χ0v) is 8.99. The number of aliphatic carboxylic acids is 1. The molecule has 1 aromatic rings. The van der Waals surface area contributed by atoms with Gasteiger partial charge in [0.25, 0.3) is 11.4 Å². The lowest BCUT2D eigenvalue weighted by atomic mass is 9.97. The number of nitro groups is 2. The molecule has 0 radical (unpaired) electrons. The Labute approximate surface area is 99.0 Å². The highest BCUT2D eigenvalue weighted by atomic mass is 19.1. The average molecular weight is 258 g/mol. The van der Waals surface area contributed by atoms with Gasteiger partial charge in [-0.1, -0.05) is 0 Å². The standard InChI is InChI=1S/C9H7FN2O6/c1-4(9(13)14)8-6(11(15)16)2-5(10)3-7(8)12(17)18/h2-4H,1H3,(H,13,14). The van der Waals surface area contributed by atoms with Crippen molar-refractivity contribution in [2.75, 3.05) is 0 Å². The number of rotatable bonds is 4. The molecule has 96 valence electrons. The molecule has 9 heteroatoms. The number of carboxylic acids is 1. The van der Waals surface area contributed by atoms with Crippen molar-refractivity contribution in [2.24, 2.45) is 0 Å². The third kappa shape index (κ3) is 2.39. The zero-order chi connectivity index (χ0) is 14.0. The fourth-order valence-electron chi connectivity index (χ4n) is 1.46. The Kier molecular flexibility index (Phi) is 3.55. The van der Waals surface area contributed by atoms with Crippen molar-refractivity contribution < 1.29 is 24.1 Å². The second-order valence-electron chi connectivity index (χ2n) is 3.43. The molecule has 0 spiro atoms. The predicted octanol–water partition coefficient (Wildman–Crippen LogP) is 1.83. The van der Waals surface area contributed by atoms with Crippen LogP contribution in [0.3, 0.4) is 0 Å². The number of hydrogen-bond acceptors (Lipinski definition) is 5. The largest absolute Gasteiger partial charge is 0.481 e. The zero-order valence-electron chi connectivity index (χ0n) is 8.99. The van der Waals surface area contributed by atoms with Crippen LogP contribution >= 0.6 is 0 Å². The predicted molar refractivity (Wildman–Crippen MR) is 55.8 cm³/mol. The number of benzene rings is 1. The van der Waals surface area contributed by atoms with Crippen LogP contribution in [0.4, 0.5) is 15.8 Å². The molecular weight excluding hydrogens is 251 g/mol. The van der Waals surface area contributed by atoms with Crippen molar-refractivity contribution in [3.8, 4) is 0 Å². The molecule has 0 aliphatic carbocycles. The Balaban J connectivity index is 3.66. The van der Waals surface area contributed by atoms with Gasteiger partial charge in [-0.25, -0.2) is 4.39 Å². The number of carbonyl (C=O) groups is 1. The van der Waals surface area contributed by atoms with Crippen molar-refractivity contribution in [1.29, 1.82) is 0 Å². The van der Waals surface area contributed by atoms with Gasteiger partial charge in [0.2, 0.25) is 0 Å². The topological polar surface area (TPSA) is 124 Å². The summed E-state index contributed by atoms with van der Waals surface area (Å²) in [4.78, 5) is 30.1. The molecule has 1 rings (SSSR count). The highest BCUT2D eigenvalue weighted by molar-refractivity contribution is 5.79. The van der Waals surface area contributed by atoms with Gasteiger partial charge < -0.3 is 5.11 Å². The van der Waals surface area contributed by atoms with E-state index in [9.17, 15) is 29.4 Å². The first-order valence-electron chi connectivity index (χ1n) is 4.60. The van der Waals surface area contributed by atoms with Crippen LogP contribution in [0.25, 0.3) is 0 Å². The minimum absolute atomic E-state index is 0.460. The third-order valence-corrected chi connectivity index (χ3v) is 2.30. The first-order chi connectivity index (χ1) is 8.25. The van der Waals surface area contributed by atoms with E-state index in [4.69, 9.17) is 5.11 Å². The number of hydrogen-bond donors (Lipinski definition) is 1. The number of nitrogens with zero attached hydrogens (tertiary/aromatic N) is 2. The summed E-state index contributed by atoms with van der Waals surface area (Å²) in [6, 6.07) is 0.920. The van der Waals surface area contributed by atoms with E-state index >= 15 is 0 Å². The minimum atomic E-state index is -1.49. The Morgan fingerprint density at radius 3 is 1.94 bits per heavy atom. The second kappa shape index (κ2) is 4.73. The Hall–Kier alpha value is -2.58. The molecule has 8 nitrogen and oxygen atoms in total. The van der Waals surface area contributed by atoms with Crippen LogP contribution < -0.4 is 0 Å². The smallest absolute Gasteiger partial charge is 0.311 e. The van der Waals surface area contributed by atoms with Crippen LogP contribution in [0.15, 0.2) is 12.1 Å². The van der Waals surface area contributed by atoms with Crippen LogP contribution in [0.5, 0.6) is 0 Å². The SMILES string of the molecule is CC(C(=O)O)c1c([N+](=O)[O-])cc(F)cc1[N+](=O)[O-]. The summed E-state index contributed by atoms with van der Waals surface area (Å²) >= 11 is 0. The Bertz CT molecular complexity index is 509. The lowest BCUT2D eigenvalue weighted by molar-refractivity contribution is -0.396. The molecule has 1 unspecified atom stereocenters. The summed E-state index contributed by atoms with van der Waals surface area (Å²) in [7, 11) is 0. The van der Waals surface area contributed by atoms with Crippen LogP contribution in [0.2, 0.25) is 0 Å². The summed E-state index contributed by atoms with van der Waals surface area (Å²) in [5, 5.41) is 30.2. The number of halogens is 1. The molecular formula is C9H7FN2O6. The molecule has 0 aliphatic heterocycles. The third-order valence-electron chi connectivity index (χ3n) is 2.30. The molecule has 1 atom stereocenters. The molecule has 0 aliphatic rings. The molecule has 0 bridgehead atoms. The quantitative estimate of drug-likeness (QED) is 0.648. The van der Waals surface area contributed by atoms with Gasteiger partial charge in [0.15, 0.2) is 0 Å².